The van der Waals surface area contributed by atoms with Crippen molar-refractivity contribution in [1.82, 2.24) is 4.98 Å². The highest BCUT2D eigenvalue weighted by atomic mass is 32.2. The van der Waals surface area contributed by atoms with Crippen LogP contribution in [0.5, 0.6) is 5.75 Å². The van der Waals surface area contributed by atoms with Crippen molar-refractivity contribution in [2.24, 2.45) is 0 Å². The summed E-state index contributed by atoms with van der Waals surface area (Å²) in [6.07, 6.45) is 1.94. The molecule has 0 unspecified atom stereocenters. The van der Waals surface area contributed by atoms with Crippen molar-refractivity contribution in [3.63, 3.8) is 0 Å². The number of hydrogen-bond acceptors (Lipinski definition) is 3. The minimum atomic E-state index is 0.132. The Hall–Kier alpha value is -0.480. The molecule has 0 aliphatic carbocycles. The number of aromatic amines is 1. The lowest BCUT2D eigenvalue weighted by molar-refractivity contribution is 0.469. The van der Waals surface area contributed by atoms with Crippen molar-refractivity contribution in [3.05, 3.63) is 16.8 Å². The molecule has 0 saturated carbocycles. The third kappa shape index (κ3) is 1.52. The molecule has 0 saturated heterocycles. The molecule has 2 N–H and O–H groups in total. The molecule has 0 spiro atoms. The van der Waals surface area contributed by atoms with Crippen LogP contribution in [0.3, 0.4) is 0 Å². The van der Waals surface area contributed by atoms with Gasteiger partial charge in [0.1, 0.15) is 10.4 Å². The largest absolute Gasteiger partial charge is 0.505 e. The molecule has 10 heavy (non-hydrogen) atoms. The first kappa shape index (κ1) is 7.63. The van der Waals surface area contributed by atoms with Crippen LogP contribution < -0.4 is 0 Å². The quantitative estimate of drug-likeness (QED) is 0.504. The number of hydrogen-bond donors (Lipinski definition) is 2. The summed E-state index contributed by atoms with van der Waals surface area (Å²) in [5.41, 5.74) is 0. The van der Waals surface area contributed by atoms with E-state index in [9.17, 15) is 0 Å². The number of thioether (sulfide) groups is 1. The summed E-state index contributed by atoms with van der Waals surface area (Å²) in [7, 11) is 0. The normalized spacial score (nSPS) is 9.70. The number of aromatic nitrogens is 1. The molecule has 0 radical (unpaired) electrons. The van der Waals surface area contributed by atoms with Gasteiger partial charge >= 0.3 is 0 Å². The Morgan fingerprint density at radius 1 is 1.60 bits per heavy atom. The lowest BCUT2D eigenvalue weighted by Gasteiger charge is -1.95. The molecule has 1 aromatic heterocycles. The summed E-state index contributed by atoms with van der Waals surface area (Å²) >= 11 is 6.35. The van der Waals surface area contributed by atoms with E-state index < -0.39 is 0 Å². The SMILES string of the molecule is CSc1ccc(O)c(=S)[nH]1. The fraction of sp³-hybridized carbons (Fsp3) is 0.167. The number of pyridine rings is 1. The third-order valence-electron chi connectivity index (χ3n) is 1.08. The van der Waals surface area contributed by atoms with Gasteiger partial charge in [0.25, 0.3) is 0 Å². The standard InChI is InChI=1S/C6H7NOS2/c1-10-5-3-2-4(8)6(9)7-5/h2-3,8H,1H3,(H,7,9). The Labute approximate surface area is 68.3 Å². The zero-order chi connectivity index (χ0) is 7.56. The van der Waals surface area contributed by atoms with E-state index in [1.54, 1.807) is 23.9 Å². The molecular weight excluding hydrogens is 166 g/mol. The Morgan fingerprint density at radius 2 is 2.30 bits per heavy atom. The van der Waals surface area contributed by atoms with Gasteiger partial charge in [0.2, 0.25) is 0 Å². The number of rotatable bonds is 1. The van der Waals surface area contributed by atoms with Crippen molar-refractivity contribution in [3.8, 4) is 5.75 Å². The summed E-state index contributed by atoms with van der Waals surface area (Å²) < 4.78 is 0.395. The molecule has 0 bridgehead atoms. The van der Waals surface area contributed by atoms with Gasteiger partial charge in [-0.15, -0.1) is 11.8 Å². The Balaban J connectivity index is 3.17. The summed E-state index contributed by atoms with van der Waals surface area (Å²) in [5, 5.41) is 9.96. The van der Waals surface area contributed by atoms with Crippen LogP contribution in [-0.2, 0) is 0 Å². The first-order valence-corrected chi connectivity index (χ1v) is 4.33. The highest BCUT2D eigenvalue weighted by Gasteiger charge is 1.92. The van der Waals surface area contributed by atoms with Gasteiger partial charge in [-0.3, -0.25) is 0 Å². The number of H-pyrrole nitrogens is 1. The van der Waals surface area contributed by atoms with Gasteiger partial charge in [0.15, 0.2) is 0 Å². The highest BCUT2D eigenvalue weighted by molar-refractivity contribution is 7.98. The molecule has 54 valence electrons. The van der Waals surface area contributed by atoms with Crippen LogP contribution in [0, 0.1) is 4.64 Å². The maximum atomic E-state index is 8.99. The molecule has 2 nitrogen and oxygen atoms in total. The van der Waals surface area contributed by atoms with Gasteiger partial charge in [-0.2, -0.15) is 0 Å². The van der Waals surface area contributed by atoms with Gasteiger partial charge < -0.3 is 10.1 Å². The highest BCUT2D eigenvalue weighted by Crippen LogP contribution is 2.15. The van der Waals surface area contributed by atoms with E-state index >= 15 is 0 Å². The third-order valence-corrected chi connectivity index (χ3v) is 2.07. The van der Waals surface area contributed by atoms with Gasteiger partial charge in [-0.1, -0.05) is 12.2 Å². The predicted octanol–water partition coefficient (Wildman–Crippen LogP) is 2.17. The molecule has 0 amide bonds. The molecule has 1 aromatic rings. The van der Waals surface area contributed by atoms with E-state index in [1.165, 1.54) is 0 Å². The Bertz CT molecular complexity index is 281. The minimum absolute atomic E-state index is 0.132. The topological polar surface area (TPSA) is 36.0 Å². The first-order chi connectivity index (χ1) is 4.74. The molecule has 0 aromatic carbocycles. The lowest BCUT2D eigenvalue weighted by atomic mass is 10.5. The second-order valence-electron chi connectivity index (χ2n) is 1.74. The van der Waals surface area contributed by atoms with Crippen molar-refractivity contribution in [2.75, 3.05) is 6.26 Å². The van der Waals surface area contributed by atoms with Crippen molar-refractivity contribution >= 4 is 24.0 Å². The smallest absolute Gasteiger partial charge is 0.150 e. The molecule has 0 aliphatic rings. The minimum Gasteiger partial charge on any atom is -0.505 e. The van der Waals surface area contributed by atoms with Crippen LogP contribution in [0.4, 0.5) is 0 Å². The van der Waals surface area contributed by atoms with Gasteiger partial charge in [-0.25, -0.2) is 0 Å². The average molecular weight is 173 g/mol. The number of nitrogens with one attached hydrogen (secondary N) is 1. The summed E-state index contributed by atoms with van der Waals surface area (Å²) in [4.78, 5) is 2.85. The molecule has 1 heterocycles. The van der Waals surface area contributed by atoms with E-state index in [2.05, 4.69) is 4.98 Å². The Kier molecular flexibility index (Phi) is 2.34. The van der Waals surface area contributed by atoms with E-state index in [4.69, 9.17) is 17.3 Å². The maximum absolute atomic E-state index is 8.99. The fourth-order valence-electron chi connectivity index (χ4n) is 0.567. The van der Waals surface area contributed by atoms with Crippen LogP contribution in [0.2, 0.25) is 0 Å². The number of aromatic hydroxyl groups is 1. The summed E-state index contributed by atoms with van der Waals surface area (Å²) in [5.74, 6) is 0.132. The van der Waals surface area contributed by atoms with Crippen LogP contribution in [0.1, 0.15) is 0 Å². The second kappa shape index (κ2) is 3.07. The zero-order valence-electron chi connectivity index (χ0n) is 5.42. The van der Waals surface area contributed by atoms with Gasteiger partial charge in [0, 0.05) is 0 Å². The van der Waals surface area contributed by atoms with E-state index in [-0.39, 0.29) is 5.75 Å². The molecule has 4 heteroatoms. The van der Waals surface area contributed by atoms with Gasteiger partial charge in [0.05, 0.1) is 5.03 Å². The maximum Gasteiger partial charge on any atom is 0.150 e. The first-order valence-electron chi connectivity index (χ1n) is 2.70. The van der Waals surface area contributed by atoms with Crippen LogP contribution in [-0.4, -0.2) is 16.3 Å². The molecule has 0 atom stereocenters. The van der Waals surface area contributed by atoms with Crippen LogP contribution in [0.15, 0.2) is 17.2 Å². The molecular formula is C6H7NOS2. The van der Waals surface area contributed by atoms with Gasteiger partial charge in [-0.05, 0) is 18.4 Å². The lowest BCUT2D eigenvalue weighted by Crippen LogP contribution is -1.78. The van der Waals surface area contributed by atoms with Crippen LogP contribution in [0.25, 0.3) is 0 Å². The van der Waals surface area contributed by atoms with E-state index in [1.807, 2.05) is 6.26 Å². The fourth-order valence-corrected chi connectivity index (χ4v) is 1.22. The average Bonchev–Trinajstić information content (AvgIpc) is 1.95. The molecule has 0 fully saturated rings. The predicted molar refractivity (Wildman–Crippen MR) is 45.1 cm³/mol. The van der Waals surface area contributed by atoms with E-state index in [0.29, 0.717) is 4.64 Å². The summed E-state index contributed by atoms with van der Waals surface area (Å²) in [6, 6.07) is 3.38. The van der Waals surface area contributed by atoms with Crippen molar-refractivity contribution < 1.29 is 5.11 Å². The van der Waals surface area contributed by atoms with Crippen molar-refractivity contribution in [1.29, 1.82) is 0 Å². The second-order valence-corrected chi connectivity index (χ2v) is 3.00. The zero-order valence-corrected chi connectivity index (χ0v) is 7.05. The molecule has 1 rings (SSSR count). The monoisotopic (exact) mass is 173 g/mol. The molecule has 0 aliphatic heterocycles. The van der Waals surface area contributed by atoms with E-state index in [0.717, 1.165) is 5.03 Å². The Morgan fingerprint density at radius 3 is 2.80 bits per heavy atom. The summed E-state index contributed by atoms with van der Waals surface area (Å²) in [6.45, 7) is 0. The van der Waals surface area contributed by atoms with Crippen LogP contribution >= 0.6 is 24.0 Å². The van der Waals surface area contributed by atoms with Crippen molar-refractivity contribution in [2.45, 2.75) is 5.03 Å².